The van der Waals surface area contributed by atoms with Gasteiger partial charge in [-0.3, -0.25) is 4.79 Å². The van der Waals surface area contributed by atoms with Gasteiger partial charge in [-0.05, 0) is 95.0 Å². The lowest BCUT2D eigenvalue weighted by atomic mass is 9.85. The van der Waals surface area contributed by atoms with Crippen molar-refractivity contribution in [2.24, 2.45) is 5.92 Å². The lowest BCUT2D eigenvalue weighted by Gasteiger charge is -2.29. The number of amides is 2. The topological polar surface area (TPSA) is 133 Å². The summed E-state index contributed by atoms with van der Waals surface area (Å²) in [7, 11) is 0. The van der Waals surface area contributed by atoms with E-state index in [1.807, 2.05) is 20.8 Å². The highest BCUT2D eigenvalue weighted by atomic mass is 16.6. The lowest BCUT2D eigenvalue weighted by Crippen LogP contribution is -2.42. The zero-order valence-electron chi connectivity index (χ0n) is 23.3. The molecule has 1 fully saturated rings. The lowest BCUT2D eigenvalue weighted by molar-refractivity contribution is -0.120. The van der Waals surface area contributed by atoms with E-state index < -0.39 is 11.7 Å². The molecule has 3 aromatic rings. The van der Waals surface area contributed by atoms with Gasteiger partial charge in [0, 0.05) is 35.8 Å². The van der Waals surface area contributed by atoms with Crippen LogP contribution in [0.3, 0.4) is 0 Å². The van der Waals surface area contributed by atoms with Crippen molar-refractivity contribution in [3.05, 3.63) is 77.9 Å². The highest BCUT2D eigenvalue weighted by Gasteiger charge is 2.28. The van der Waals surface area contributed by atoms with E-state index in [1.54, 1.807) is 66.7 Å². The van der Waals surface area contributed by atoms with Crippen LogP contribution in [0.2, 0.25) is 0 Å². The summed E-state index contributed by atoms with van der Waals surface area (Å²) in [5.41, 5.74) is 0.958. The van der Waals surface area contributed by atoms with Crippen molar-refractivity contribution in [3.63, 3.8) is 0 Å². The van der Waals surface area contributed by atoms with Crippen molar-refractivity contribution in [2.75, 3.05) is 5.32 Å². The minimum atomic E-state index is -0.567. The van der Waals surface area contributed by atoms with Crippen LogP contribution < -0.4 is 20.1 Å². The third kappa shape index (κ3) is 8.74. The molecule has 210 valence electrons. The number of hydrogen-bond acceptors (Lipinski definition) is 7. The van der Waals surface area contributed by atoms with E-state index in [1.165, 1.54) is 0 Å². The highest BCUT2D eigenvalue weighted by molar-refractivity contribution is 5.93. The summed E-state index contributed by atoms with van der Waals surface area (Å²) in [5, 5.41) is 24.0. The predicted molar refractivity (Wildman–Crippen MR) is 153 cm³/mol. The van der Waals surface area contributed by atoms with E-state index >= 15 is 0 Å². The first-order valence-electron chi connectivity index (χ1n) is 13.4. The first-order chi connectivity index (χ1) is 19.6. The fourth-order valence-electron chi connectivity index (χ4n) is 4.45. The summed E-state index contributed by atoms with van der Waals surface area (Å²) in [4.78, 5) is 25.3. The zero-order valence-corrected chi connectivity index (χ0v) is 23.3. The number of rotatable bonds is 7. The van der Waals surface area contributed by atoms with E-state index in [-0.39, 0.29) is 17.9 Å². The fourth-order valence-corrected chi connectivity index (χ4v) is 4.45. The normalized spacial score (nSPS) is 16.4. The molecule has 0 radical (unpaired) electrons. The van der Waals surface area contributed by atoms with E-state index in [4.69, 9.17) is 24.7 Å². The van der Waals surface area contributed by atoms with Crippen LogP contribution in [0, 0.1) is 28.6 Å². The molecule has 1 aliphatic rings. The van der Waals surface area contributed by atoms with Crippen LogP contribution in [0.25, 0.3) is 0 Å². The van der Waals surface area contributed by atoms with Gasteiger partial charge in [-0.1, -0.05) is 0 Å². The molecule has 0 bridgehead atoms. The Balaban J connectivity index is 1.45. The van der Waals surface area contributed by atoms with Gasteiger partial charge in [-0.2, -0.15) is 10.5 Å². The number of anilines is 1. The molecular formula is C32H32N4O5. The number of nitrogens with one attached hydrogen (secondary N) is 2. The van der Waals surface area contributed by atoms with Gasteiger partial charge < -0.3 is 24.8 Å². The number of hydrogen-bond donors (Lipinski definition) is 2. The van der Waals surface area contributed by atoms with Crippen LogP contribution in [-0.2, 0) is 9.53 Å². The van der Waals surface area contributed by atoms with Crippen molar-refractivity contribution < 1.29 is 23.8 Å². The van der Waals surface area contributed by atoms with Gasteiger partial charge in [0.25, 0.3) is 0 Å². The zero-order chi connectivity index (χ0) is 29.4. The minimum Gasteiger partial charge on any atom is -0.457 e. The van der Waals surface area contributed by atoms with Gasteiger partial charge in [0.1, 0.15) is 28.6 Å². The first kappa shape index (κ1) is 29.0. The summed E-state index contributed by atoms with van der Waals surface area (Å²) < 4.78 is 17.4. The molecule has 0 unspecified atom stereocenters. The molecule has 0 aromatic heterocycles. The number of benzene rings is 3. The maximum atomic E-state index is 13.2. The summed E-state index contributed by atoms with van der Waals surface area (Å²) in [5.74, 6) is 1.57. The highest BCUT2D eigenvalue weighted by Crippen LogP contribution is 2.34. The van der Waals surface area contributed by atoms with Crippen LogP contribution >= 0.6 is 0 Å². The Morgan fingerprint density at radius 2 is 1.24 bits per heavy atom. The van der Waals surface area contributed by atoms with Crippen LogP contribution in [0.15, 0.2) is 66.7 Å². The van der Waals surface area contributed by atoms with Crippen LogP contribution in [0.4, 0.5) is 10.5 Å². The summed E-state index contributed by atoms with van der Waals surface area (Å²) >= 11 is 0. The molecule has 0 saturated heterocycles. The standard InChI is InChI=1S/C32H32N4O5/c1-32(2,3)41-31(38)36-24-10-8-23(9-11-24)30(37)35-25-16-28(39-26-12-4-21(19-33)5-13-26)18-29(17-25)40-27-14-6-22(20-34)7-15-27/h4-7,12-18,23-24H,8-11H2,1-3H3,(H,35,37)(H,36,38). The maximum absolute atomic E-state index is 13.2. The van der Waals surface area contributed by atoms with Crippen LogP contribution in [0.1, 0.15) is 57.6 Å². The van der Waals surface area contributed by atoms with Gasteiger partial charge in [0.2, 0.25) is 5.91 Å². The molecule has 0 atom stereocenters. The average Bonchev–Trinajstić information content (AvgIpc) is 2.93. The summed E-state index contributed by atoms with van der Waals surface area (Å²) in [6, 6.07) is 22.6. The van der Waals surface area contributed by atoms with E-state index in [0.29, 0.717) is 65.5 Å². The number of nitrogens with zero attached hydrogens (tertiary/aromatic N) is 2. The molecule has 2 amide bonds. The van der Waals surface area contributed by atoms with Gasteiger partial charge in [-0.15, -0.1) is 0 Å². The molecule has 41 heavy (non-hydrogen) atoms. The number of ether oxygens (including phenoxy) is 3. The monoisotopic (exact) mass is 552 g/mol. The Morgan fingerprint density at radius 3 is 1.68 bits per heavy atom. The van der Waals surface area contributed by atoms with Crippen LogP contribution in [-0.4, -0.2) is 23.6 Å². The van der Waals surface area contributed by atoms with Gasteiger partial charge in [0.15, 0.2) is 0 Å². The van der Waals surface area contributed by atoms with Crippen molar-refractivity contribution in [1.82, 2.24) is 5.32 Å². The molecule has 1 saturated carbocycles. The fraction of sp³-hybridized carbons (Fsp3) is 0.312. The summed E-state index contributed by atoms with van der Waals surface area (Å²) in [6.45, 7) is 5.46. The van der Waals surface area contributed by atoms with Crippen LogP contribution in [0.5, 0.6) is 23.0 Å². The molecule has 9 nitrogen and oxygen atoms in total. The molecular weight excluding hydrogens is 520 g/mol. The Bertz CT molecular complexity index is 1380. The van der Waals surface area contributed by atoms with Gasteiger partial charge in [0.05, 0.1) is 23.3 Å². The second kappa shape index (κ2) is 12.9. The maximum Gasteiger partial charge on any atom is 0.407 e. The van der Waals surface area contributed by atoms with Crippen molar-refractivity contribution in [1.29, 1.82) is 10.5 Å². The Labute approximate surface area is 239 Å². The third-order valence-electron chi connectivity index (χ3n) is 6.40. The van der Waals surface area contributed by atoms with Crippen molar-refractivity contribution >= 4 is 17.7 Å². The molecule has 2 N–H and O–H groups in total. The SMILES string of the molecule is CC(C)(C)OC(=O)NC1CCC(C(=O)Nc2cc(Oc3ccc(C#N)cc3)cc(Oc3ccc(C#N)cc3)c2)CC1. The minimum absolute atomic E-state index is 0.0366. The average molecular weight is 553 g/mol. The predicted octanol–water partition coefficient (Wildman–Crippen LogP) is 7.04. The quantitative estimate of drug-likeness (QED) is 0.321. The number of nitriles is 2. The van der Waals surface area contributed by atoms with Crippen molar-refractivity contribution in [2.45, 2.75) is 58.1 Å². The molecule has 1 aliphatic carbocycles. The number of carbonyl (C=O) groups excluding carboxylic acids is 2. The van der Waals surface area contributed by atoms with E-state index in [2.05, 4.69) is 22.8 Å². The molecule has 0 aliphatic heterocycles. The second-order valence-corrected chi connectivity index (χ2v) is 10.9. The molecule has 9 heteroatoms. The Hall–Kier alpha value is -5.02. The Kier molecular flexibility index (Phi) is 9.11. The molecule has 3 aromatic carbocycles. The molecule has 4 rings (SSSR count). The van der Waals surface area contributed by atoms with Crippen molar-refractivity contribution in [3.8, 4) is 35.1 Å². The smallest absolute Gasteiger partial charge is 0.407 e. The first-order valence-corrected chi connectivity index (χ1v) is 13.4. The van der Waals surface area contributed by atoms with E-state index in [9.17, 15) is 9.59 Å². The summed E-state index contributed by atoms with van der Waals surface area (Å²) in [6.07, 6.45) is 2.16. The largest absolute Gasteiger partial charge is 0.457 e. The number of alkyl carbamates (subject to hydrolysis) is 1. The second-order valence-electron chi connectivity index (χ2n) is 10.9. The van der Waals surface area contributed by atoms with Gasteiger partial charge >= 0.3 is 6.09 Å². The number of carbonyl (C=O) groups is 2. The van der Waals surface area contributed by atoms with E-state index in [0.717, 1.165) is 0 Å². The Morgan fingerprint density at radius 1 is 0.756 bits per heavy atom. The molecule has 0 heterocycles. The third-order valence-corrected chi connectivity index (χ3v) is 6.40. The molecule has 0 spiro atoms. The van der Waals surface area contributed by atoms with Gasteiger partial charge in [-0.25, -0.2) is 4.79 Å².